The Morgan fingerprint density at radius 1 is 1.06 bits per heavy atom. The van der Waals surface area contributed by atoms with E-state index in [1.165, 1.54) is 16.0 Å². The minimum absolute atomic E-state index is 0.595. The van der Waals surface area contributed by atoms with Gasteiger partial charge in [-0.3, -0.25) is 0 Å². The third-order valence-electron chi connectivity index (χ3n) is 2.74. The first-order chi connectivity index (χ1) is 8.74. The van der Waals surface area contributed by atoms with Crippen molar-refractivity contribution in [3.8, 4) is 21.9 Å². The van der Waals surface area contributed by atoms with Crippen LogP contribution in [0.2, 0.25) is 0 Å². The Kier molecular flexibility index (Phi) is 2.72. The Morgan fingerprint density at radius 2 is 1.83 bits per heavy atom. The molecule has 0 aliphatic heterocycles. The Hall–Kier alpha value is -1.94. The van der Waals surface area contributed by atoms with Gasteiger partial charge in [0.1, 0.15) is 0 Å². The van der Waals surface area contributed by atoms with Crippen molar-refractivity contribution < 1.29 is 4.42 Å². The topological polar surface area (TPSA) is 38.9 Å². The molecule has 3 aromatic rings. The van der Waals surface area contributed by atoms with Crippen LogP contribution in [0.1, 0.15) is 10.8 Å². The SMILES string of the molecule is Cc1nnc(-c2cc(-c3ccccc3)c(C)s2)o1. The highest BCUT2D eigenvalue weighted by Gasteiger charge is 2.13. The molecule has 3 rings (SSSR count). The van der Waals surface area contributed by atoms with E-state index in [1.54, 1.807) is 18.3 Å². The second kappa shape index (κ2) is 4.38. The van der Waals surface area contributed by atoms with Crippen LogP contribution in [-0.2, 0) is 0 Å². The van der Waals surface area contributed by atoms with Crippen LogP contribution in [0.3, 0.4) is 0 Å². The summed E-state index contributed by atoms with van der Waals surface area (Å²) in [6, 6.07) is 12.4. The van der Waals surface area contributed by atoms with Crippen molar-refractivity contribution in [2.75, 3.05) is 0 Å². The molecular formula is C14H12N2OS. The van der Waals surface area contributed by atoms with Gasteiger partial charge < -0.3 is 4.42 Å². The summed E-state index contributed by atoms with van der Waals surface area (Å²) in [6.45, 7) is 3.91. The van der Waals surface area contributed by atoms with Gasteiger partial charge in [0.25, 0.3) is 5.89 Å². The van der Waals surface area contributed by atoms with E-state index in [2.05, 4.69) is 35.3 Å². The second-order valence-electron chi connectivity index (χ2n) is 4.07. The van der Waals surface area contributed by atoms with Crippen molar-refractivity contribution in [1.29, 1.82) is 0 Å². The molecule has 0 atom stereocenters. The smallest absolute Gasteiger partial charge is 0.257 e. The van der Waals surface area contributed by atoms with Crippen molar-refractivity contribution in [3.05, 3.63) is 47.2 Å². The van der Waals surface area contributed by atoms with E-state index in [0.717, 1.165) is 4.88 Å². The molecule has 0 bridgehead atoms. The van der Waals surface area contributed by atoms with E-state index >= 15 is 0 Å². The molecule has 0 unspecified atom stereocenters. The summed E-state index contributed by atoms with van der Waals surface area (Å²) in [6.07, 6.45) is 0. The van der Waals surface area contributed by atoms with Crippen LogP contribution in [0, 0.1) is 13.8 Å². The lowest BCUT2D eigenvalue weighted by Gasteiger charge is -1.97. The van der Waals surface area contributed by atoms with Crippen LogP contribution in [0.25, 0.3) is 21.9 Å². The Morgan fingerprint density at radius 3 is 2.50 bits per heavy atom. The van der Waals surface area contributed by atoms with Gasteiger partial charge in [-0.15, -0.1) is 21.5 Å². The van der Waals surface area contributed by atoms with Gasteiger partial charge in [-0.2, -0.15) is 0 Å². The molecule has 0 saturated heterocycles. The van der Waals surface area contributed by atoms with Gasteiger partial charge in [-0.05, 0) is 24.1 Å². The first kappa shape index (κ1) is 11.2. The molecule has 4 heteroatoms. The lowest BCUT2D eigenvalue weighted by molar-refractivity contribution is 0.534. The Balaban J connectivity index is 2.06. The summed E-state index contributed by atoms with van der Waals surface area (Å²) in [7, 11) is 0. The molecule has 90 valence electrons. The van der Waals surface area contributed by atoms with Crippen molar-refractivity contribution in [1.82, 2.24) is 10.2 Å². The van der Waals surface area contributed by atoms with Crippen molar-refractivity contribution in [3.63, 3.8) is 0 Å². The largest absolute Gasteiger partial charge is 0.420 e. The summed E-state index contributed by atoms with van der Waals surface area (Å²) in [5.41, 5.74) is 2.44. The average molecular weight is 256 g/mol. The summed E-state index contributed by atoms with van der Waals surface area (Å²) in [4.78, 5) is 2.28. The van der Waals surface area contributed by atoms with Gasteiger partial charge in [0, 0.05) is 11.8 Å². The maximum Gasteiger partial charge on any atom is 0.257 e. The number of rotatable bonds is 2. The highest BCUT2D eigenvalue weighted by molar-refractivity contribution is 7.15. The predicted molar refractivity (Wildman–Crippen MR) is 72.5 cm³/mol. The number of hydrogen-bond donors (Lipinski definition) is 0. The normalized spacial score (nSPS) is 10.8. The summed E-state index contributed by atoms with van der Waals surface area (Å²) in [5.74, 6) is 1.19. The van der Waals surface area contributed by atoms with Gasteiger partial charge in [0.15, 0.2) is 0 Å². The Labute approximate surface area is 109 Å². The molecule has 0 spiro atoms. The van der Waals surface area contributed by atoms with Crippen molar-refractivity contribution in [2.45, 2.75) is 13.8 Å². The van der Waals surface area contributed by atoms with Crippen LogP contribution >= 0.6 is 11.3 Å². The zero-order chi connectivity index (χ0) is 12.5. The fourth-order valence-electron chi connectivity index (χ4n) is 1.89. The van der Waals surface area contributed by atoms with Gasteiger partial charge in [0.05, 0.1) is 4.88 Å². The van der Waals surface area contributed by atoms with E-state index in [0.29, 0.717) is 11.8 Å². The highest BCUT2D eigenvalue weighted by atomic mass is 32.1. The second-order valence-corrected chi connectivity index (χ2v) is 5.33. The molecule has 0 saturated carbocycles. The van der Waals surface area contributed by atoms with E-state index < -0.39 is 0 Å². The summed E-state index contributed by atoms with van der Waals surface area (Å²) < 4.78 is 5.46. The molecule has 0 amide bonds. The van der Waals surface area contributed by atoms with Gasteiger partial charge in [0.2, 0.25) is 5.89 Å². The van der Waals surface area contributed by atoms with Gasteiger partial charge in [-0.1, -0.05) is 30.3 Å². The van der Waals surface area contributed by atoms with E-state index in [9.17, 15) is 0 Å². The third-order valence-corrected chi connectivity index (χ3v) is 3.78. The molecule has 2 aromatic heterocycles. The molecule has 1 aromatic carbocycles. The molecular weight excluding hydrogens is 244 g/mol. The van der Waals surface area contributed by atoms with Crippen LogP contribution in [0.15, 0.2) is 40.8 Å². The maximum absolute atomic E-state index is 5.46. The lowest BCUT2D eigenvalue weighted by Crippen LogP contribution is -1.75. The lowest BCUT2D eigenvalue weighted by atomic mass is 10.1. The van der Waals surface area contributed by atoms with Crippen LogP contribution in [-0.4, -0.2) is 10.2 Å². The number of aryl methyl sites for hydroxylation is 2. The maximum atomic E-state index is 5.46. The summed E-state index contributed by atoms with van der Waals surface area (Å²) >= 11 is 1.68. The van der Waals surface area contributed by atoms with E-state index in [-0.39, 0.29) is 0 Å². The number of nitrogens with zero attached hydrogens (tertiary/aromatic N) is 2. The molecule has 18 heavy (non-hydrogen) atoms. The third kappa shape index (κ3) is 1.95. The number of aromatic nitrogens is 2. The fraction of sp³-hybridized carbons (Fsp3) is 0.143. The van der Waals surface area contributed by atoms with Crippen LogP contribution < -0.4 is 0 Å². The molecule has 0 N–H and O–H groups in total. The predicted octanol–water partition coefficient (Wildman–Crippen LogP) is 4.08. The molecule has 0 aliphatic carbocycles. The molecule has 3 nitrogen and oxygen atoms in total. The minimum atomic E-state index is 0.595. The van der Waals surface area contributed by atoms with Gasteiger partial charge in [-0.25, -0.2) is 0 Å². The quantitative estimate of drug-likeness (QED) is 0.693. The number of thiophene rings is 1. The first-order valence-electron chi connectivity index (χ1n) is 5.70. The fourth-order valence-corrected chi connectivity index (χ4v) is 2.85. The molecule has 0 radical (unpaired) electrons. The van der Waals surface area contributed by atoms with Crippen molar-refractivity contribution in [2.24, 2.45) is 0 Å². The zero-order valence-corrected chi connectivity index (χ0v) is 11.0. The molecule has 0 aliphatic rings. The Bertz CT molecular complexity index is 670. The zero-order valence-electron chi connectivity index (χ0n) is 10.2. The minimum Gasteiger partial charge on any atom is -0.420 e. The first-order valence-corrected chi connectivity index (χ1v) is 6.52. The average Bonchev–Trinajstić information content (AvgIpc) is 2.97. The standard InChI is InChI=1S/C14H12N2OS/c1-9-12(11-6-4-3-5-7-11)8-13(18-9)14-16-15-10(2)17-14/h3-8H,1-2H3. The monoisotopic (exact) mass is 256 g/mol. The number of hydrogen-bond acceptors (Lipinski definition) is 4. The van der Waals surface area contributed by atoms with E-state index in [1.807, 2.05) is 18.2 Å². The van der Waals surface area contributed by atoms with E-state index in [4.69, 9.17) is 4.42 Å². The van der Waals surface area contributed by atoms with Gasteiger partial charge >= 0.3 is 0 Å². The highest BCUT2D eigenvalue weighted by Crippen LogP contribution is 2.35. The summed E-state index contributed by atoms with van der Waals surface area (Å²) in [5, 5.41) is 7.92. The van der Waals surface area contributed by atoms with Crippen LogP contribution in [0.5, 0.6) is 0 Å². The number of benzene rings is 1. The van der Waals surface area contributed by atoms with Crippen molar-refractivity contribution >= 4 is 11.3 Å². The molecule has 0 fully saturated rings. The van der Waals surface area contributed by atoms with Crippen LogP contribution in [0.4, 0.5) is 0 Å². The molecule has 2 heterocycles.